The molecule has 1 aliphatic heterocycles. The van der Waals surface area contributed by atoms with Crippen molar-refractivity contribution in [1.82, 2.24) is 4.90 Å². The van der Waals surface area contributed by atoms with Gasteiger partial charge in [0.25, 0.3) is 11.8 Å². The molecule has 0 bridgehead atoms. The highest BCUT2D eigenvalue weighted by molar-refractivity contribution is 8.26. The van der Waals surface area contributed by atoms with Gasteiger partial charge in [-0.15, -0.1) is 0 Å². The molecule has 0 unspecified atom stereocenters. The topological polar surface area (TPSA) is 67.9 Å². The summed E-state index contributed by atoms with van der Waals surface area (Å²) in [5.41, 5.74) is 2.24. The van der Waals surface area contributed by atoms with E-state index in [1.807, 2.05) is 30.3 Å². The number of methoxy groups -OCH3 is 1. The number of anilines is 1. The second-order valence-electron chi connectivity index (χ2n) is 7.63. The average molecular weight is 559 g/mol. The van der Waals surface area contributed by atoms with E-state index in [9.17, 15) is 9.59 Å². The molecule has 3 aromatic carbocycles. The minimum Gasteiger partial charge on any atom is -0.493 e. The summed E-state index contributed by atoms with van der Waals surface area (Å²) >= 11 is 18.6. The van der Waals surface area contributed by atoms with Crippen LogP contribution in [-0.2, 0) is 16.1 Å². The summed E-state index contributed by atoms with van der Waals surface area (Å²) in [6, 6.07) is 19.7. The van der Waals surface area contributed by atoms with Crippen molar-refractivity contribution < 1.29 is 19.1 Å². The van der Waals surface area contributed by atoms with Gasteiger partial charge >= 0.3 is 0 Å². The van der Waals surface area contributed by atoms with Crippen LogP contribution in [0.4, 0.5) is 5.69 Å². The molecule has 2 amide bonds. The third-order valence-electron chi connectivity index (χ3n) is 5.10. The summed E-state index contributed by atoms with van der Waals surface area (Å²) in [6.07, 6.45) is 1.76. The maximum Gasteiger partial charge on any atom is 0.266 e. The maximum absolute atomic E-state index is 12.9. The van der Waals surface area contributed by atoms with Gasteiger partial charge in [0, 0.05) is 5.69 Å². The van der Waals surface area contributed by atoms with Crippen molar-refractivity contribution in [2.45, 2.75) is 6.54 Å². The van der Waals surface area contributed by atoms with Crippen LogP contribution in [0.3, 0.4) is 0 Å². The highest BCUT2D eigenvalue weighted by Gasteiger charge is 2.32. The van der Waals surface area contributed by atoms with E-state index in [0.717, 1.165) is 11.1 Å². The number of nitrogens with one attached hydrogen (secondary N) is 1. The molecule has 0 saturated carbocycles. The molecule has 1 fully saturated rings. The van der Waals surface area contributed by atoms with E-state index >= 15 is 0 Å². The zero-order valence-corrected chi connectivity index (χ0v) is 22.1. The minimum absolute atomic E-state index is 0.146. The molecule has 10 heteroatoms. The molecule has 0 atom stereocenters. The molecule has 3 aromatic rings. The molecular weight excluding hydrogens is 539 g/mol. The third-order valence-corrected chi connectivity index (χ3v) is 7.22. The number of thiocarbonyl (C=S) groups is 1. The predicted molar refractivity (Wildman–Crippen MR) is 149 cm³/mol. The Hall–Kier alpha value is -3.04. The number of carbonyl (C=O) groups excluding carboxylic acids is 2. The fourth-order valence-electron chi connectivity index (χ4n) is 3.36. The largest absolute Gasteiger partial charge is 0.493 e. The summed E-state index contributed by atoms with van der Waals surface area (Å²) in [6.45, 7) is 0.178. The van der Waals surface area contributed by atoms with Crippen molar-refractivity contribution in [3.05, 3.63) is 92.8 Å². The van der Waals surface area contributed by atoms with Crippen LogP contribution in [0.15, 0.2) is 71.6 Å². The third kappa shape index (κ3) is 6.39. The fraction of sp³-hybridized carbons (Fsp3) is 0.115. The lowest BCUT2D eigenvalue weighted by atomic mass is 10.1. The molecule has 6 nitrogen and oxygen atoms in total. The first-order valence-electron chi connectivity index (χ1n) is 10.7. The van der Waals surface area contributed by atoms with Gasteiger partial charge in [-0.2, -0.15) is 0 Å². The Morgan fingerprint density at radius 2 is 1.83 bits per heavy atom. The number of hydrogen-bond acceptors (Lipinski definition) is 6. The van der Waals surface area contributed by atoms with E-state index in [1.54, 1.807) is 47.4 Å². The van der Waals surface area contributed by atoms with Crippen molar-refractivity contribution in [2.24, 2.45) is 0 Å². The van der Waals surface area contributed by atoms with E-state index < -0.39 is 0 Å². The van der Waals surface area contributed by atoms with E-state index in [1.165, 1.54) is 18.9 Å². The van der Waals surface area contributed by atoms with Crippen molar-refractivity contribution in [3.8, 4) is 11.5 Å². The van der Waals surface area contributed by atoms with Gasteiger partial charge in [-0.1, -0.05) is 83.6 Å². The Bertz CT molecular complexity index is 1350. The second-order valence-corrected chi connectivity index (χ2v) is 10.1. The summed E-state index contributed by atoms with van der Waals surface area (Å²) in [5, 5.41) is 3.43. The van der Waals surface area contributed by atoms with Crippen molar-refractivity contribution >= 4 is 75.1 Å². The van der Waals surface area contributed by atoms with Gasteiger partial charge in [0.2, 0.25) is 0 Å². The first-order valence-corrected chi connectivity index (χ1v) is 12.7. The Balaban J connectivity index is 1.41. The van der Waals surface area contributed by atoms with Crippen LogP contribution in [-0.4, -0.2) is 34.8 Å². The minimum atomic E-state index is -0.374. The lowest BCUT2D eigenvalue weighted by Crippen LogP contribution is -2.27. The van der Waals surface area contributed by atoms with Crippen molar-refractivity contribution in [2.75, 3.05) is 19.0 Å². The molecule has 36 heavy (non-hydrogen) atoms. The zero-order chi connectivity index (χ0) is 25.7. The Morgan fingerprint density at radius 1 is 1.06 bits per heavy atom. The van der Waals surface area contributed by atoms with Gasteiger partial charge in [0.05, 0.1) is 28.6 Å². The summed E-state index contributed by atoms with van der Waals surface area (Å²) in [7, 11) is 1.50. The van der Waals surface area contributed by atoms with Crippen LogP contribution in [0.1, 0.15) is 11.1 Å². The normalized spacial score (nSPS) is 14.3. The monoisotopic (exact) mass is 558 g/mol. The lowest BCUT2D eigenvalue weighted by molar-refractivity contribution is -0.122. The highest BCUT2D eigenvalue weighted by atomic mass is 35.5. The van der Waals surface area contributed by atoms with Crippen LogP contribution < -0.4 is 14.8 Å². The molecule has 184 valence electrons. The van der Waals surface area contributed by atoms with E-state index in [4.69, 9.17) is 44.9 Å². The number of carbonyl (C=O) groups is 2. The van der Waals surface area contributed by atoms with Crippen molar-refractivity contribution in [1.29, 1.82) is 0 Å². The molecule has 4 rings (SSSR count). The average Bonchev–Trinajstić information content (AvgIpc) is 3.13. The van der Waals surface area contributed by atoms with Crippen LogP contribution in [0, 0.1) is 0 Å². The SMILES string of the molecule is COc1cc(/C=C2\SC(=S)N(Cc3ccccc3)C2=O)ccc1OCC(=O)Nc1ccc(Cl)c(Cl)c1. The van der Waals surface area contributed by atoms with E-state index in [-0.39, 0.29) is 18.4 Å². The lowest BCUT2D eigenvalue weighted by Gasteiger charge is -2.14. The smallest absolute Gasteiger partial charge is 0.266 e. The number of thioether (sulfide) groups is 1. The Kier molecular flexibility index (Phi) is 8.53. The number of rotatable bonds is 8. The number of amides is 2. The highest BCUT2D eigenvalue weighted by Crippen LogP contribution is 2.35. The van der Waals surface area contributed by atoms with Crippen LogP contribution >= 0.6 is 47.2 Å². The quantitative estimate of drug-likeness (QED) is 0.254. The molecule has 1 heterocycles. The van der Waals surface area contributed by atoms with Crippen LogP contribution in [0.25, 0.3) is 6.08 Å². The van der Waals surface area contributed by atoms with Gasteiger partial charge in [-0.3, -0.25) is 14.5 Å². The molecule has 1 saturated heterocycles. The summed E-state index contributed by atoms with van der Waals surface area (Å²) in [4.78, 5) is 27.3. The Morgan fingerprint density at radius 3 is 2.56 bits per heavy atom. The maximum atomic E-state index is 12.9. The van der Waals surface area contributed by atoms with Crippen molar-refractivity contribution in [3.63, 3.8) is 0 Å². The molecule has 1 aliphatic rings. The summed E-state index contributed by atoms with van der Waals surface area (Å²) < 4.78 is 11.6. The second kappa shape index (κ2) is 11.8. The predicted octanol–water partition coefficient (Wildman–Crippen LogP) is 6.42. The van der Waals surface area contributed by atoms with E-state index in [0.29, 0.717) is 43.0 Å². The molecule has 0 aliphatic carbocycles. The van der Waals surface area contributed by atoms with Gasteiger partial charge in [0.15, 0.2) is 18.1 Å². The van der Waals surface area contributed by atoms with Gasteiger partial charge in [-0.05, 0) is 47.5 Å². The molecule has 1 N–H and O–H groups in total. The fourth-order valence-corrected chi connectivity index (χ4v) is 4.91. The Labute approximate surface area is 228 Å². The zero-order valence-electron chi connectivity index (χ0n) is 19.0. The molecule has 0 aromatic heterocycles. The number of hydrogen-bond donors (Lipinski definition) is 1. The number of halogens is 2. The molecule has 0 radical (unpaired) electrons. The molecule has 0 spiro atoms. The number of nitrogens with zero attached hydrogens (tertiary/aromatic N) is 1. The van der Waals surface area contributed by atoms with Crippen LogP contribution in [0.5, 0.6) is 11.5 Å². The van der Waals surface area contributed by atoms with Gasteiger partial charge in [-0.25, -0.2) is 0 Å². The standard InChI is InChI=1S/C26H20Cl2N2O4S2/c1-33-22-11-17(12-23-25(32)30(26(35)36-23)14-16-5-3-2-4-6-16)7-10-21(22)34-15-24(31)29-18-8-9-19(27)20(28)13-18/h2-13H,14-15H2,1H3,(H,29,31)/b23-12-. The van der Waals surface area contributed by atoms with Crippen LogP contribution in [0.2, 0.25) is 10.0 Å². The summed E-state index contributed by atoms with van der Waals surface area (Å²) in [5.74, 6) is 0.287. The number of benzene rings is 3. The van der Waals surface area contributed by atoms with Gasteiger partial charge < -0.3 is 14.8 Å². The van der Waals surface area contributed by atoms with Gasteiger partial charge in [0.1, 0.15) is 4.32 Å². The first-order chi connectivity index (χ1) is 17.3. The molecular formula is C26H20Cl2N2O4S2. The first kappa shape index (κ1) is 26.0. The van der Waals surface area contributed by atoms with E-state index in [2.05, 4.69) is 5.32 Å². The number of ether oxygens (including phenoxy) is 2.